The third-order valence-electron chi connectivity index (χ3n) is 5.04. The molecule has 0 N–H and O–H groups in total. The van der Waals surface area contributed by atoms with Gasteiger partial charge in [0.05, 0.1) is 0 Å². The van der Waals surface area contributed by atoms with Crippen LogP contribution < -0.4 is 0 Å². The van der Waals surface area contributed by atoms with Crippen molar-refractivity contribution in [2.24, 2.45) is 11.8 Å². The number of hydrogen-bond acceptors (Lipinski definition) is 2. The molecule has 1 aromatic rings. The van der Waals surface area contributed by atoms with E-state index in [-0.39, 0.29) is 0 Å². The molecule has 1 aromatic heterocycles. The third-order valence-corrected chi connectivity index (χ3v) is 5.04. The van der Waals surface area contributed by atoms with E-state index in [0.29, 0.717) is 6.04 Å². The van der Waals surface area contributed by atoms with E-state index in [2.05, 4.69) is 43.8 Å². The third kappa shape index (κ3) is 3.56. The Morgan fingerprint density at radius 2 is 1.84 bits per heavy atom. The number of rotatable bonds is 4. The Morgan fingerprint density at radius 1 is 1.16 bits per heavy atom. The molecule has 0 radical (unpaired) electrons. The first-order chi connectivity index (χ1) is 9.09. The van der Waals surface area contributed by atoms with Gasteiger partial charge in [-0.3, -0.25) is 9.88 Å². The van der Waals surface area contributed by atoms with Gasteiger partial charge in [0.15, 0.2) is 0 Å². The van der Waals surface area contributed by atoms with Crippen molar-refractivity contribution in [2.75, 3.05) is 7.05 Å². The van der Waals surface area contributed by atoms with Gasteiger partial charge in [-0.1, -0.05) is 19.9 Å². The Hall–Kier alpha value is -0.890. The molecule has 0 saturated heterocycles. The van der Waals surface area contributed by atoms with Crippen molar-refractivity contribution < 1.29 is 0 Å². The Kier molecular flexibility index (Phi) is 4.98. The van der Waals surface area contributed by atoms with Crippen LogP contribution in [0.2, 0.25) is 0 Å². The first kappa shape index (κ1) is 14.5. The minimum atomic E-state index is 0.467. The highest BCUT2D eigenvalue weighted by molar-refractivity contribution is 5.13. The maximum absolute atomic E-state index is 4.24. The molecule has 1 unspecified atom stereocenters. The molecule has 0 amide bonds. The van der Waals surface area contributed by atoms with E-state index in [0.717, 1.165) is 17.9 Å². The average Bonchev–Trinajstić information content (AvgIpc) is 2.46. The first-order valence-corrected chi connectivity index (χ1v) is 7.71. The lowest BCUT2D eigenvalue weighted by molar-refractivity contribution is 0.115. The molecule has 1 atom stereocenters. The van der Waals surface area contributed by atoms with Crippen LogP contribution in [0.15, 0.2) is 24.5 Å². The van der Waals surface area contributed by atoms with Crippen molar-refractivity contribution in [1.29, 1.82) is 0 Å². The quantitative estimate of drug-likeness (QED) is 0.803. The molecule has 106 valence electrons. The van der Waals surface area contributed by atoms with Crippen LogP contribution in [-0.4, -0.2) is 23.0 Å². The van der Waals surface area contributed by atoms with Crippen molar-refractivity contribution in [1.82, 2.24) is 9.88 Å². The molecule has 2 nitrogen and oxygen atoms in total. The van der Waals surface area contributed by atoms with E-state index in [1.165, 1.54) is 31.2 Å². The lowest BCUT2D eigenvalue weighted by Crippen LogP contribution is -2.37. The summed E-state index contributed by atoms with van der Waals surface area (Å²) in [6, 6.07) is 5.43. The second kappa shape index (κ2) is 6.51. The second-order valence-corrected chi connectivity index (χ2v) is 6.44. The van der Waals surface area contributed by atoms with Crippen LogP contribution in [0, 0.1) is 11.8 Å². The molecule has 1 aliphatic rings. The lowest BCUT2D eigenvalue weighted by Gasteiger charge is -2.39. The van der Waals surface area contributed by atoms with Gasteiger partial charge >= 0.3 is 0 Å². The van der Waals surface area contributed by atoms with Crippen LogP contribution in [-0.2, 0) is 0 Å². The zero-order valence-electron chi connectivity index (χ0n) is 12.8. The summed E-state index contributed by atoms with van der Waals surface area (Å²) in [5, 5.41) is 0. The van der Waals surface area contributed by atoms with Gasteiger partial charge in [-0.25, -0.2) is 0 Å². The van der Waals surface area contributed by atoms with Gasteiger partial charge in [0.25, 0.3) is 0 Å². The number of pyridine rings is 1. The molecule has 1 fully saturated rings. The van der Waals surface area contributed by atoms with Crippen LogP contribution in [0.4, 0.5) is 0 Å². The van der Waals surface area contributed by atoms with Gasteiger partial charge in [-0.05, 0) is 63.1 Å². The summed E-state index contributed by atoms with van der Waals surface area (Å²) in [7, 11) is 2.28. The van der Waals surface area contributed by atoms with E-state index in [4.69, 9.17) is 0 Å². The van der Waals surface area contributed by atoms with Gasteiger partial charge in [0.1, 0.15) is 0 Å². The van der Waals surface area contributed by atoms with Crippen molar-refractivity contribution in [3.05, 3.63) is 30.1 Å². The van der Waals surface area contributed by atoms with Gasteiger partial charge in [-0.15, -0.1) is 0 Å². The molecule has 1 saturated carbocycles. The highest BCUT2D eigenvalue weighted by Gasteiger charge is 2.27. The van der Waals surface area contributed by atoms with Crippen LogP contribution >= 0.6 is 0 Å². The SMILES string of the molecule is CC(C)C1CCC(N(C)C(C)c2cccnc2)CC1. The van der Waals surface area contributed by atoms with Crippen molar-refractivity contribution in [2.45, 2.75) is 58.5 Å². The molecule has 0 bridgehead atoms. The van der Waals surface area contributed by atoms with Crippen LogP contribution in [0.5, 0.6) is 0 Å². The minimum absolute atomic E-state index is 0.467. The number of nitrogens with zero attached hydrogens (tertiary/aromatic N) is 2. The second-order valence-electron chi connectivity index (χ2n) is 6.44. The van der Waals surface area contributed by atoms with Crippen LogP contribution in [0.3, 0.4) is 0 Å². The Bertz CT molecular complexity index is 366. The molecule has 0 aliphatic heterocycles. The number of hydrogen-bond donors (Lipinski definition) is 0. The summed E-state index contributed by atoms with van der Waals surface area (Å²) in [6.07, 6.45) is 9.34. The Balaban J connectivity index is 1.92. The van der Waals surface area contributed by atoms with E-state index in [9.17, 15) is 0 Å². The lowest BCUT2D eigenvalue weighted by atomic mass is 9.79. The fourth-order valence-electron chi connectivity index (χ4n) is 3.35. The first-order valence-electron chi connectivity index (χ1n) is 7.71. The molecule has 0 aromatic carbocycles. The minimum Gasteiger partial charge on any atom is -0.297 e. The van der Waals surface area contributed by atoms with Crippen molar-refractivity contribution >= 4 is 0 Å². The van der Waals surface area contributed by atoms with Crippen LogP contribution in [0.25, 0.3) is 0 Å². The molecule has 1 aliphatic carbocycles. The van der Waals surface area contributed by atoms with E-state index >= 15 is 0 Å². The predicted octanol–water partition coefficient (Wildman–Crippen LogP) is 4.29. The van der Waals surface area contributed by atoms with Crippen molar-refractivity contribution in [3.63, 3.8) is 0 Å². The fraction of sp³-hybridized carbons (Fsp3) is 0.706. The van der Waals surface area contributed by atoms with Gasteiger partial charge in [0, 0.05) is 24.5 Å². The van der Waals surface area contributed by atoms with E-state index in [1.807, 2.05) is 18.5 Å². The normalized spacial score (nSPS) is 25.8. The van der Waals surface area contributed by atoms with Gasteiger partial charge < -0.3 is 0 Å². The summed E-state index contributed by atoms with van der Waals surface area (Å²) >= 11 is 0. The highest BCUT2D eigenvalue weighted by Crippen LogP contribution is 2.34. The van der Waals surface area contributed by atoms with Crippen molar-refractivity contribution in [3.8, 4) is 0 Å². The predicted molar refractivity (Wildman–Crippen MR) is 81.0 cm³/mol. The summed E-state index contributed by atoms with van der Waals surface area (Å²) in [5.74, 6) is 1.79. The molecule has 0 spiro atoms. The van der Waals surface area contributed by atoms with E-state index < -0.39 is 0 Å². The molecule has 2 rings (SSSR count). The zero-order chi connectivity index (χ0) is 13.8. The van der Waals surface area contributed by atoms with Gasteiger partial charge in [-0.2, -0.15) is 0 Å². The topological polar surface area (TPSA) is 16.1 Å². The zero-order valence-corrected chi connectivity index (χ0v) is 12.8. The smallest absolute Gasteiger partial charge is 0.0335 e. The molecule has 1 heterocycles. The highest BCUT2D eigenvalue weighted by atomic mass is 15.2. The molecule has 19 heavy (non-hydrogen) atoms. The fourth-order valence-corrected chi connectivity index (χ4v) is 3.35. The van der Waals surface area contributed by atoms with Crippen LogP contribution in [0.1, 0.15) is 58.1 Å². The largest absolute Gasteiger partial charge is 0.297 e. The standard InChI is InChI=1S/C17H28N2/c1-13(2)15-7-9-17(10-8-15)19(4)14(3)16-6-5-11-18-12-16/h5-6,11-15,17H,7-10H2,1-4H3. The van der Waals surface area contributed by atoms with Gasteiger partial charge in [0.2, 0.25) is 0 Å². The summed E-state index contributed by atoms with van der Waals surface area (Å²) in [6.45, 7) is 7.03. The average molecular weight is 260 g/mol. The summed E-state index contributed by atoms with van der Waals surface area (Å²) in [4.78, 5) is 6.79. The monoisotopic (exact) mass is 260 g/mol. The molecular formula is C17H28N2. The summed E-state index contributed by atoms with van der Waals surface area (Å²) in [5.41, 5.74) is 1.33. The molecular weight excluding hydrogens is 232 g/mol. The molecule has 2 heteroatoms. The Labute approximate surface area is 118 Å². The maximum Gasteiger partial charge on any atom is 0.0335 e. The number of aromatic nitrogens is 1. The Morgan fingerprint density at radius 3 is 2.37 bits per heavy atom. The maximum atomic E-state index is 4.24. The summed E-state index contributed by atoms with van der Waals surface area (Å²) < 4.78 is 0. The van der Waals surface area contributed by atoms with E-state index in [1.54, 1.807) is 0 Å².